The van der Waals surface area contributed by atoms with Gasteiger partial charge in [0.25, 0.3) is 5.91 Å². The molecule has 0 saturated carbocycles. The van der Waals surface area contributed by atoms with Crippen molar-refractivity contribution in [3.63, 3.8) is 0 Å². The van der Waals surface area contributed by atoms with Crippen molar-refractivity contribution < 1.29 is 13.2 Å². The van der Waals surface area contributed by atoms with E-state index < -0.39 is 21.4 Å². The van der Waals surface area contributed by atoms with Crippen molar-refractivity contribution in [1.82, 2.24) is 14.2 Å². The van der Waals surface area contributed by atoms with Crippen molar-refractivity contribution >= 4 is 38.2 Å². The van der Waals surface area contributed by atoms with Gasteiger partial charge in [0.1, 0.15) is 5.56 Å². The van der Waals surface area contributed by atoms with E-state index in [-0.39, 0.29) is 15.8 Å². The van der Waals surface area contributed by atoms with Crippen LogP contribution in [0.3, 0.4) is 0 Å². The van der Waals surface area contributed by atoms with Gasteiger partial charge in [-0.25, -0.2) is 8.42 Å². The monoisotopic (exact) mass is 445 g/mol. The van der Waals surface area contributed by atoms with Crippen LogP contribution in [0.5, 0.6) is 0 Å². The van der Waals surface area contributed by atoms with Crippen LogP contribution < -0.4 is 10.7 Å². The number of carbonyl (C=O) groups is 1. The van der Waals surface area contributed by atoms with Crippen molar-refractivity contribution in [3.05, 3.63) is 62.6 Å². The molecule has 0 aliphatic carbocycles. The Balaban J connectivity index is 1.76. The highest BCUT2D eigenvalue weighted by Crippen LogP contribution is 2.24. The van der Waals surface area contributed by atoms with E-state index in [1.54, 1.807) is 16.8 Å². The maximum Gasteiger partial charge on any atom is 0.257 e. The van der Waals surface area contributed by atoms with Crippen LogP contribution >= 0.6 is 11.3 Å². The molecule has 1 fully saturated rings. The summed E-state index contributed by atoms with van der Waals surface area (Å²) in [6.07, 6.45) is 3.22. The quantitative estimate of drug-likeness (QED) is 0.632. The Morgan fingerprint density at radius 2 is 1.97 bits per heavy atom. The molecule has 0 radical (unpaired) electrons. The summed E-state index contributed by atoms with van der Waals surface area (Å²) in [6.45, 7) is 3.77. The van der Waals surface area contributed by atoms with Gasteiger partial charge in [0.05, 0.1) is 17.0 Å². The number of carbonyl (C=O) groups excluding carboxylic acids is 1. The number of aryl methyl sites for hydroxylation is 1. The lowest BCUT2D eigenvalue weighted by Crippen LogP contribution is -2.30. The van der Waals surface area contributed by atoms with E-state index in [4.69, 9.17) is 0 Å². The van der Waals surface area contributed by atoms with Crippen molar-refractivity contribution in [2.45, 2.75) is 37.8 Å². The molecule has 1 amide bonds. The fourth-order valence-corrected chi connectivity index (χ4v) is 5.90. The number of aromatic nitrogens is 1. The molecule has 158 valence electrons. The van der Waals surface area contributed by atoms with Gasteiger partial charge in [-0.05, 0) is 49.4 Å². The Labute approximate surface area is 179 Å². The Kier molecular flexibility index (Phi) is 5.77. The van der Waals surface area contributed by atoms with Gasteiger partial charge in [-0.1, -0.05) is 6.07 Å². The summed E-state index contributed by atoms with van der Waals surface area (Å²) in [5, 5.41) is 4.94. The number of nitrogens with zero attached hydrogens (tertiary/aromatic N) is 2. The predicted octanol–water partition coefficient (Wildman–Crippen LogP) is 2.80. The third kappa shape index (κ3) is 3.80. The molecule has 1 saturated heterocycles. The van der Waals surface area contributed by atoms with Gasteiger partial charge in [-0.15, -0.1) is 11.3 Å². The van der Waals surface area contributed by atoms with Crippen LogP contribution in [0, 0.1) is 0 Å². The number of nitrogens with one attached hydrogen (secondary N) is 1. The van der Waals surface area contributed by atoms with E-state index in [1.807, 2.05) is 24.4 Å². The minimum Gasteiger partial charge on any atom is -0.347 e. The number of rotatable bonds is 6. The standard InChI is InChI=1S/C21H23N3O4S2/c1-2-23-14-18(21(26)22-13-15-6-5-11-29-15)20(25)17-12-16(7-8-19(17)23)30(27,28)24-9-3-4-10-24/h5-8,11-12,14H,2-4,9-10,13H2,1H3,(H,22,26). The van der Waals surface area contributed by atoms with Gasteiger partial charge in [0, 0.05) is 36.1 Å². The Bertz CT molecular complexity index is 1240. The SMILES string of the molecule is CCn1cc(C(=O)NCc2cccs2)c(=O)c2cc(S(=O)(=O)N3CCCC3)ccc21. The molecule has 1 aromatic carbocycles. The van der Waals surface area contributed by atoms with E-state index in [2.05, 4.69) is 5.32 Å². The van der Waals surface area contributed by atoms with E-state index in [1.165, 1.54) is 27.8 Å². The number of sulfonamides is 1. The molecule has 30 heavy (non-hydrogen) atoms. The molecule has 1 aliphatic rings. The fraction of sp³-hybridized carbons (Fsp3) is 0.333. The van der Waals surface area contributed by atoms with Gasteiger partial charge in [-0.2, -0.15) is 4.31 Å². The smallest absolute Gasteiger partial charge is 0.257 e. The highest BCUT2D eigenvalue weighted by molar-refractivity contribution is 7.89. The lowest BCUT2D eigenvalue weighted by molar-refractivity contribution is 0.0949. The topological polar surface area (TPSA) is 88.5 Å². The largest absolute Gasteiger partial charge is 0.347 e. The Morgan fingerprint density at radius 1 is 1.20 bits per heavy atom. The van der Waals surface area contributed by atoms with Crippen LogP contribution in [-0.2, 0) is 23.1 Å². The lowest BCUT2D eigenvalue weighted by atomic mass is 10.1. The zero-order chi connectivity index (χ0) is 21.3. The molecule has 9 heteroatoms. The van der Waals surface area contributed by atoms with Crippen molar-refractivity contribution in [3.8, 4) is 0 Å². The summed E-state index contributed by atoms with van der Waals surface area (Å²) in [5.74, 6) is -0.467. The summed E-state index contributed by atoms with van der Waals surface area (Å²) >= 11 is 1.52. The minimum atomic E-state index is -3.65. The number of amides is 1. The average Bonchev–Trinajstić information content (AvgIpc) is 3.46. The number of hydrogen-bond acceptors (Lipinski definition) is 5. The van der Waals surface area contributed by atoms with Crippen LogP contribution in [0.1, 0.15) is 35.0 Å². The maximum atomic E-state index is 13.1. The van der Waals surface area contributed by atoms with Gasteiger partial charge in [-0.3, -0.25) is 9.59 Å². The van der Waals surface area contributed by atoms with Crippen molar-refractivity contribution in [1.29, 1.82) is 0 Å². The molecule has 0 spiro atoms. The first-order valence-corrected chi connectivity index (χ1v) is 12.2. The molecule has 3 heterocycles. The molecule has 1 N–H and O–H groups in total. The van der Waals surface area contributed by atoms with Gasteiger partial charge >= 0.3 is 0 Å². The van der Waals surface area contributed by atoms with Crippen LogP contribution in [0.4, 0.5) is 0 Å². The first-order chi connectivity index (χ1) is 14.4. The van der Waals surface area contributed by atoms with Gasteiger partial charge in [0.2, 0.25) is 15.5 Å². The molecule has 3 aromatic rings. The van der Waals surface area contributed by atoms with Crippen LogP contribution in [0.15, 0.2) is 51.6 Å². The number of pyridine rings is 1. The summed E-state index contributed by atoms with van der Waals surface area (Å²) in [5.41, 5.74) is 0.158. The molecule has 7 nitrogen and oxygen atoms in total. The number of benzene rings is 1. The summed E-state index contributed by atoms with van der Waals surface area (Å²) < 4.78 is 29.1. The van der Waals surface area contributed by atoms with Crippen molar-refractivity contribution in [2.75, 3.05) is 13.1 Å². The molecular weight excluding hydrogens is 422 g/mol. The van der Waals surface area contributed by atoms with E-state index in [9.17, 15) is 18.0 Å². The fourth-order valence-electron chi connectivity index (χ4n) is 3.71. The molecule has 0 unspecified atom stereocenters. The second kappa shape index (κ2) is 8.33. The number of fused-ring (bicyclic) bond motifs is 1. The molecular formula is C21H23N3O4S2. The molecule has 0 atom stereocenters. The molecule has 4 rings (SSSR count). The van der Waals surface area contributed by atoms with Crippen LogP contribution in [0.25, 0.3) is 10.9 Å². The van der Waals surface area contributed by atoms with Crippen LogP contribution in [0.2, 0.25) is 0 Å². The summed E-state index contributed by atoms with van der Waals surface area (Å²) in [7, 11) is -3.65. The highest BCUT2D eigenvalue weighted by Gasteiger charge is 2.28. The first kappa shape index (κ1) is 20.8. The number of thiophene rings is 1. The maximum absolute atomic E-state index is 13.1. The lowest BCUT2D eigenvalue weighted by Gasteiger charge is -2.17. The van der Waals surface area contributed by atoms with E-state index in [0.29, 0.717) is 31.7 Å². The summed E-state index contributed by atoms with van der Waals surface area (Å²) in [6, 6.07) is 8.40. The molecule has 1 aliphatic heterocycles. The first-order valence-electron chi connectivity index (χ1n) is 9.89. The Hall–Kier alpha value is -2.49. The normalized spacial score (nSPS) is 15.0. The van der Waals surface area contributed by atoms with E-state index in [0.717, 1.165) is 17.7 Å². The molecule has 2 aromatic heterocycles. The molecule has 0 bridgehead atoms. The van der Waals surface area contributed by atoms with Crippen LogP contribution in [-0.4, -0.2) is 36.3 Å². The second-order valence-electron chi connectivity index (χ2n) is 7.21. The summed E-state index contributed by atoms with van der Waals surface area (Å²) in [4.78, 5) is 26.9. The zero-order valence-electron chi connectivity index (χ0n) is 16.6. The Morgan fingerprint density at radius 3 is 2.63 bits per heavy atom. The second-order valence-corrected chi connectivity index (χ2v) is 10.2. The third-order valence-corrected chi connectivity index (χ3v) is 8.11. The van der Waals surface area contributed by atoms with Gasteiger partial charge in [0.15, 0.2) is 0 Å². The van der Waals surface area contributed by atoms with Gasteiger partial charge < -0.3 is 9.88 Å². The van der Waals surface area contributed by atoms with E-state index >= 15 is 0 Å². The highest BCUT2D eigenvalue weighted by atomic mass is 32.2. The predicted molar refractivity (Wildman–Crippen MR) is 117 cm³/mol. The third-order valence-electron chi connectivity index (χ3n) is 5.34. The number of hydrogen-bond donors (Lipinski definition) is 1. The zero-order valence-corrected chi connectivity index (χ0v) is 18.3. The van der Waals surface area contributed by atoms with Crippen molar-refractivity contribution in [2.24, 2.45) is 0 Å². The minimum absolute atomic E-state index is 0.0108. The average molecular weight is 446 g/mol.